The van der Waals surface area contributed by atoms with Crippen molar-refractivity contribution in [3.8, 4) is 5.75 Å². The van der Waals surface area contributed by atoms with Gasteiger partial charge in [-0.15, -0.1) is 11.3 Å². The number of hydrogen-bond donors (Lipinski definition) is 0. The molecule has 0 unspecified atom stereocenters. The van der Waals surface area contributed by atoms with Crippen molar-refractivity contribution in [1.82, 2.24) is 9.88 Å². The first-order chi connectivity index (χ1) is 10.2. The summed E-state index contributed by atoms with van der Waals surface area (Å²) in [7, 11) is 3.50. The summed E-state index contributed by atoms with van der Waals surface area (Å²) in [5.41, 5.74) is 1.12. The van der Waals surface area contributed by atoms with Crippen LogP contribution in [0.15, 0.2) is 35.8 Å². The summed E-state index contributed by atoms with van der Waals surface area (Å²) in [5.74, 6) is 0.992. The maximum Gasteiger partial charge on any atom is 0.222 e. The molecule has 4 nitrogen and oxygen atoms in total. The number of carbonyl (C=O) groups is 1. The molecule has 21 heavy (non-hydrogen) atoms. The molecule has 2 aromatic rings. The molecule has 2 rings (SSSR count). The minimum absolute atomic E-state index is 0.161. The van der Waals surface area contributed by atoms with Crippen LogP contribution in [-0.2, 0) is 17.6 Å². The van der Waals surface area contributed by atoms with Crippen LogP contribution in [0.5, 0.6) is 5.75 Å². The van der Waals surface area contributed by atoms with Crippen molar-refractivity contribution in [1.29, 1.82) is 0 Å². The van der Waals surface area contributed by atoms with Crippen molar-refractivity contribution in [3.63, 3.8) is 0 Å². The molecule has 0 aliphatic carbocycles. The lowest BCUT2D eigenvalue weighted by Crippen LogP contribution is -2.29. The van der Waals surface area contributed by atoms with E-state index in [0.717, 1.165) is 29.2 Å². The second kappa shape index (κ2) is 7.78. The molecule has 0 spiro atoms. The number of hydrogen-bond acceptors (Lipinski definition) is 4. The van der Waals surface area contributed by atoms with Gasteiger partial charge in [0.05, 0.1) is 12.1 Å². The minimum Gasteiger partial charge on any atom is -0.497 e. The molecule has 0 aliphatic rings. The molecule has 112 valence electrons. The zero-order valence-corrected chi connectivity index (χ0v) is 13.2. The average molecular weight is 304 g/mol. The van der Waals surface area contributed by atoms with Gasteiger partial charge in [0.25, 0.3) is 0 Å². The predicted molar refractivity (Wildman–Crippen MR) is 84.8 cm³/mol. The van der Waals surface area contributed by atoms with Crippen LogP contribution in [0.25, 0.3) is 0 Å². The Kier molecular flexibility index (Phi) is 5.75. The molecule has 5 heteroatoms. The summed E-state index contributed by atoms with van der Waals surface area (Å²) < 4.78 is 5.19. The largest absolute Gasteiger partial charge is 0.497 e. The first-order valence-corrected chi connectivity index (χ1v) is 7.82. The highest BCUT2D eigenvalue weighted by molar-refractivity contribution is 7.09. The van der Waals surface area contributed by atoms with Crippen molar-refractivity contribution in [2.24, 2.45) is 0 Å². The highest BCUT2D eigenvalue weighted by Crippen LogP contribution is 2.14. The molecule has 0 atom stereocenters. The fraction of sp³-hybridized carbons (Fsp3) is 0.375. The standard InChI is InChI=1S/C16H20N2O2S/c1-18(10-8-15-17-9-11-21-15)16(19)7-6-13-4-3-5-14(12-13)20-2/h3-5,9,11-12H,6-8,10H2,1-2H3. The monoisotopic (exact) mass is 304 g/mol. The minimum atomic E-state index is 0.161. The molecule has 1 heterocycles. The summed E-state index contributed by atoms with van der Waals surface area (Å²) in [6.07, 6.45) is 3.86. The van der Waals surface area contributed by atoms with Gasteiger partial charge in [0.15, 0.2) is 0 Å². The SMILES string of the molecule is COc1cccc(CCC(=O)N(C)CCc2nccs2)c1. The number of amides is 1. The first kappa shape index (κ1) is 15.5. The van der Waals surface area contributed by atoms with Crippen molar-refractivity contribution in [3.05, 3.63) is 46.4 Å². The predicted octanol–water partition coefficient (Wildman–Crippen LogP) is 2.79. The second-order valence-electron chi connectivity index (χ2n) is 4.84. The highest BCUT2D eigenvalue weighted by atomic mass is 32.1. The molecule has 0 radical (unpaired) electrons. The number of nitrogens with zero attached hydrogens (tertiary/aromatic N) is 2. The van der Waals surface area contributed by atoms with E-state index in [2.05, 4.69) is 4.98 Å². The van der Waals surface area contributed by atoms with Gasteiger partial charge in [-0.25, -0.2) is 4.98 Å². The molecule has 0 bridgehead atoms. The third-order valence-electron chi connectivity index (χ3n) is 3.33. The molecule has 1 amide bonds. The summed E-state index contributed by atoms with van der Waals surface area (Å²) >= 11 is 1.63. The number of aryl methyl sites for hydroxylation is 1. The number of rotatable bonds is 7. The maximum absolute atomic E-state index is 12.1. The van der Waals surface area contributed by atoms with E-state index in [1.54, 1.807) is 29.5 Å². The topological polar surface area (TPSA) is 42.4 Å². The van der Waals surface area contributed by atoms with E-state index >= 15 is 0 Å². The Hall–Kier alpha value is -1.88. The van der Waals surface area contributed by atoms with Gasteiger partial charge in [0.1, 0.15) is 5.75 Å². The Balaban J connectivity index is 1.77. The van der Waals surface area contributed by atoms with E-state index in [9.17, 15) is 4.79 Å². The lowest BCUT2D eigenvalue weighted by Gasteiger charge is -2.16. The van der Waals surface area contributed by atoms with Gasteiger partial charge in [-0.2, -0.15) is 0 Å². The Bertz CT molecular complexity index is 569. The Labute approximate surface area is 129 Å². The number of ether oxygens (including phenoxy) is 1. The van der Waals surface area contributed by atoms with Gasteiger partial charge in [-0.3, -0.25) is 4.79 Å². The molecular weight excluding hydrogens is 284 g/mol. The second-order valence-corrected chi connectivity index (χ2v) is 5.82. The molecular formula is C16H20N2O2S. The number of thiazole rings is 1. The number of methoxy groups -OCH3 is 1. The maximum atomic E-state index is 12.1. The summed E-state index contributed by atoms with van der Waals surface area (Å²) in [6, 6.07) is 7.85. The fourth-order valence-electron chi connectivity index (χ4n) is 2.03. The van der Waals surface area contributed by atoms with E-state index in [4.69, 9.17) is 4.74 Å². The van der Waals surface area contributed by atoms with Gasteiger partial charge in [-0.1, -0.05) is 12.1 Å². The normalized spacial score (nSPS) is 10.4. The molecule has 1 aromatic heterocycles. The van der Waals surface area contributed by atoms with Crippen molar-refractivity contribution < 1.29 is 9.53 Å². The van der Waals surface area contributed by atoms with E-state index in [-0.39, 0.29) is 5.91 Å². The van der Waals surface area contributed by atoms with Gasteiger partial charge in [0.2, 0.25) is 5.91 Å². The van der Waals surface area contributed by atoms with Crippen molar-refractivity contribution in [2.45, 2.75) is 19.3 Å². The van der Waals surface area contributed by atoms with Gasteiger partial charge >= 0.3 is 0 Å². The van der Waals surface area contributed by atoms with Crippen LogP contribution in [0.4, 0.5) is 0 Å². The summed E-state index contributed by atoms with van der Waals surface area (Å²) in [6.45, 7) is 0.713. The quantitative estimate of drug-likeness (QED) is 0.790. The van der Waals surface area contributed by atoms with Crippen LogP contribution >= 0.6 is 11.3 Å². The highest BCUT2D eigenvalue weighted by Gasteiger charge is 2.09. The lowest BCUT2D eigenvalue weighted by molar-refractivity contribution is -0.129. The van der Waals surface area contributed by atoms with Crippen LogP contribution in [0.3, 0.4) is 0 Å². The molecule has 0 saturated heterocycles. The smallest absolute Gasteiger partial charge is 0.222 e. The van der Waals surface area contributed by atoms with E-state index in [0.29, 0.717) is 13.0 Å². The third kappa shape index (κ3) is 4.86. The Morgan fingerprint density at radius 3 is 2.95 bits per heavy atom. The van der Waals surface area contributed by atoms with E-state index in [1.165, 1.54) is 0 Å². The number of aromatic nitrogens is 1. The van der Waals surface area contributed by atoms with Gasteiger partial charge in [0, 0.05) is 38.0 Å². The summed E-state index contributed by atoms with van der Waals surface area (Å²) in [5, 5.41) is 3.03. The molecule has 0 saturated carbocycles. The van der Waals surface area contributed by atoms with Gasteiger partial charge in [-0.05, 0) is 24.1 Å². The lowest BCUT2D eigenvalue weighted by atomic mass is 10.1. The molecule has 0 aliphatic heterocycles. The fourth-order valence-corrected chi connectivity index (χ4v) is 2.64. The first-order valence-electron chi connectivity index (χ1n) is 6.94. The number of likely N-dealkylation sites (N-methyl/N-ethyl adjacent to an activating group) is 1. The van der Waals surface area contributed by atoms with Crippen molar-refractivity contribution >= 4 is 17.2 Å². The Morgan fingerprint density at radius 1 is 1.38 bits per heavy atom. The third-order valence-corrected chi connectivity index (χ3v) is 4.17. The molecule has 0 fully saturated rings. The van der Waals surface area contributed by atoms with Crippen LogP contribution in [-0.4, -0.2) is 36.5 Å². The van der Waals surface area contributed by atoms with E-state index in [1.807, 2.05) is 36.7 Å². The summed E-state index contributed by atoms with van der Waals surface area (Å²) in [4.78, 5) is 18.1. The molecule has 1 aromatic carbocycles. The van der Waals surface area contributed by atoms with Crippen LogP contribution in [0.1, 0.15) is 17.0 Å². The van der Waals surface area contributed by atoms with Crippen LogP contribution in [0, 0.1) is 0 Å². The molecule has 0 N–H and O–H groups in total. The zero-order chi connectivity index (χ0) is 15.1. The average Bonchev–Trinajstić information content (AvgIpc) is 3.03. The number of benzene rings is 1. The zero-order valence-electron chi connectivity index (χ0n) is 12.4. The number of carbonyl (C=O) groups excluding carboxylic acids is 1. The van der Waals surface area contributed by atoms with Crippen LogP contribution in [0.2, 0.25) is 0 Å². The van der Waals surface area contributed by atoms with Crippen molar-refractivity contribution in [2.75, 3.05) is 20.7 Å². The van der Waals surface area contributed by atoms with E-state index < -0.39 is 0 Å². The van der Waals surface area contributed by atoms with Crippen LogP contribution < -0.4 is 4.74 Å². The Morgan fingerprint density at radius 2 is 2.24 bits per heavy atom. The van der Waals surface area contributed by atoms with Gasteiger partial charge < -0.3 is 9.64 Å².